The number of nitrogens with zero attached hydrogens (tertiary/aromatic N) is 1. The number of carbonyl (C=O) groups excluding carboxylic acids is 2. The SMILES string of the molecule is CC1Oc2c(cccc2C(=O)N(CCCC(=O)O)Cc2ccccc2)NC1=O. The van der Waals surface area contributed by atoms with E-state index in [4.69, 9.17) is 9.84 Å². The lowest BCUT2D eigenvalue weighted by Gasteiger charge is -2.28. The molecule has 1 heterocycles. The molecule has 3 rings (SSSR count). The third-order valence-corrected chi connectivity index (χ3v) is 4.49. The van der Waals surface area contributed by atoms with Crippen molar-refractivity contribution in [2.24, 2.45) is 0 Å². The van der Waals surface area contributed by atoms with Gasteiger partial charge in [0.2, 0.25) is 0 Å². The average molecular weight is 382 g/mol. The summed E-state index contributed by atoms with van der Waals surface area (Å²) in [6.45, 7) is 2.27. The molecule has 0 saturated heterocycles. The number of hydrogen-bond donors (Lipinski definition) is 2. The van der Waals surface area contributed by atoms with Crippen LogP contribution in [0.25, 0.3) is 0 Å². The third-order valence-electron chi connectivity index (χ3n) is 4.49. The Morgan fingerprint density at radius 2 is 1.89 bits per heavy atom. The van der Waals surface area contributed by atoms with Crippen molar-refractivity contribution in [3.05, 3.63) is 59.7 Å². The highest BCUT2D eigenvalue weighted by Gasteiger charge is 2.29. The van der Waals surface area contributed by atoms with Gasteiger partial charge in [0.05, 0.1) is 11.3 Å². The average Bonchev–Trinajstić information content (AvgIpc) is 2.68. The molecule has 2 aromatic rings. The van der Waals surface area contributed by atoms with E-state index in [2.05, 4.69) is 5.32 Å². The number of rotatable bonds is 7. The highest BCUT2D eigenvalue weighted by Crippen LogP contribution is 2.34. The fourth-order valence-corrected chi connectivity index (χ4v) is 3.04. The van der Waals surface area contributed by atoms with Crippen LogP contribution in [0.2, 0.25) is 0 Å². The van der Waals surface area contributed by atoms with Crippen LogP contribution in [0.5, 0.6) is 5.75 Å². The summed E-state index contributed by atoms with van der Waals surface area (Å²) in [5, 5.41) is 11.7. The van der Waals surface area contributed by atoms with Crippen LogP contribution in [0.1, 0.15) is 35.7 Å². The van der Waals surface area contributed by atoms with E-state index in [0.717, 1.165) is 5.56 Å². The van der Waals surface area contributed by atoms with Crippen LogP contribution in [0.15, 0.2) is 48.5 Å². The summed E-state index contributed by atoms with van der Waals surface area (Å²) >= 11 is 0. The van der Waals surface area contributed by atoms with Gasteiger partial charge in [-0.25, -0.2) is 0 Å². The van der Waals surface area contributed by atoms with E-state index in [1.807, 2.05) is 30.3 Å². The van der Waals surface area contributed by atoms with Gasteiger partial charge < -0.3 is 20.1 Å². The minimum absolute atomic E-state index is 0.0188. The van der Waals surface area contributed by atoms with E-state index in [0.29, 0.717) is 36.5 Å². The van der Waals surface area contributed by atoms with Crippen molar-refractivity contribution in [1.29, 1.82) is 0 Å². The number of carbonyl (C=O) groups is 3. The molecule has 0 aliphatic carbocycles. The number of fused-ring (bicyclic) bond motifs is 1. The molecule has 7 heteroatoms. The second-order valence-corrected chi connectivity index (χ2v) is 6.64. The van der Waals surface area contributed by atoms with Crippen molar-refractivity contribution in [2.45, 2.75) is 32.4 Å². The Morgan fingerprint density at radius 1 is 1.14 bits per heavy atom. The first-order valence-electron chi connectivity index (χ1n) is 9.11. The van der Waals surface area contributed by atoms with Crippen LogP contribution in [0, 0.1) is 0 Å². The van der Waals surface area contributed by atoms with Gasteiger partial charge in [-0.2, -0.15) is 0 Å². The molecule has 1 atom stereocenters. The minimum atomic E-state index is -0.899. The zero-order chi connectivity index (χ0) is 20.1. The predicted molar refractivity (Wildman–Crippen MR) is 103 cm³/mol. The van der Waals surface area contributed by atoms with Crippen LogP contribution in [0.4, 0.5) is 5.69 Å². The Morgan fingerprint density at radius 3 is 2.61 bits per heavy atom. The van der Waals surface area contributed by atoms with Crippen molar-refractivity contribution in [2.75, 3.05) is 11.9 Å². The molecule has 2 amide bonds. The molecule has 1 aliphatic heterocycles. The molecular weight excluding hydrogens is 360 g/mol. The van der Waals surface area contributed by atoms with Crippen LogP contribution < -0.4 is 10.1 Å². The lowest BCUT2D eigenvalue weighted by atomic mass is 10.1. The van der Waals surface area contributed by atoms with Crippen LogP contribution in [-0.4, -0.2) is 40.4 Å². The van der Waals surface area contributed by atoms with E-state index in [1.54, 1.807) is 30.0 Å². The number of aliphatic carboxylic acids is 1. The Labute approximate surface area is 162 Å². The number of benzene rings is 2. The molecular formula is C21H22N2O5. The van der Waals surface area contributed by atoms with Gasteiger partial charge in [0.15, 0.2) is 11.9 Å². The molecule has 0 radical (unpaired) electrons. The first-order chi connectivity index (χ1) is 13.5. The molecule has 1 aliphatic rings. The lowest BCUT2D eigenvalue weighted by molar-refractivity contribution is -0.137. The van der Waals surface area contributed by atoms with Crippen LogP contribution in [0.3, 0.4) is 0 Å². The molecule has 0 fully saturated rings. The van der Waals surface area contributed by atoms with Crippen molar-refractivity contribution in [1.82, 2.24) is 4.90 Å². The van der Waals surface area contributed by atoms with E-state index in [-0.39, 0.29) is 18.2 Å². The van der Waals surface area contributed by atoms with E-state index in [9.17, 15) is 14.4 Å². The molecule has 1 unspecified atom stereocenters. The van der Waals surface area contributed by atoms with Gasteiger partial charge >= 0.3 is 5.97 Å². The summed E-state index contributed by atoms with van der Waals surface area (Å²) in [7, 11) is 0. The maximum absolute atomic E-state index is 13.3. The number of amides is 2. The summed E-state index contributed by atoms with van der Waals surface area (Å²) < 4.78 is 5.69. The summed E-state index contributed by atoms with van der Waals surface area (Å²) in [4.78, 5) is 37.6. The largest absolute Gasteiger partial charge is 0.481 e. The fraction of sp³-hybridized carbons (Fsp3) is 0.286. The van der Waals surface area contributed by atoms with E-state index in [1.165, 1.54) is 0 Å². The second-order valence-electron chi connectivity index (χ2n) is 6.64. The van der Waals surface area contributed by atoms with Gasteiger partial charge in [-0.1, -0.05) is 36.4 Å². The monoisotopic (exact) mass is 382 g/mol. The first kappa shape index (κ1) is 19.4. The second kappa shape index (κ2) is 8.56. The maximum Gasteiger partial charge on any atom is 0.303 e. The number of anilines is 1. The van der Waals surface area contributed by atoms with E-state index >= 15 is 0 Å². The van der Waals surface area contributed by atoms with Crippen LogP contribution >= 0.6 is 0 Å². The topological polar surface area (TPSA) is 95.9 Å². The van der Waals surface area contributed by atoms with Crippen molar-refractivity contribution in [3.8, 4) is 5.75 Å². The van der Waals surface area contributed by atoms with E-state index < -0.39 is 12.1 Å². The summed E-state index contributed by atoms with van der Waals surface area (Å²) in [5.41, 5.74) is 1.74. The highest BCUT2D eigenvalue weighted by atomic mass is 16.5. The highest BCUT2D eigenvalue weighted by molar-refractivity contribution is 6.04. The smallest absolute Gasteiger partial charge is 0.303 e. The number of carboxylic acids is 1. The molecule has 7 nitrogen and oxygen atoms in total. The van der Waals surface area contributed by atoms with Gasteiger partial charge in [0.25, 0.3) is 11.8 Å². The molecule has 0 aromatic heterocycles. The van der Waals surface area contributed by atoms with Gasteiger partial charge in [0.1, 0.15) is 0 Å². The fourth-order valence-electron chi connectivity index (χ4n) is 3.04. The Balaban J connectivity index is 1.87. The number of nitrogens with one attached hydrogen (secondary N) is 1. The number of ether oxygens (including phenoxy) is 1. The van der Waals surface area contributed by atoms with Gasteiger partial charge in [-0.3, -0.25) is 14.4 Å². The zero-order valence-electron chi connectivity index (χ0n) is 15.6. The van der Waals surface area contributed by atoms with Gasteiger partial charge in [-0.05, 0) is 31.0 Å². The molecule has 2 N–H and O–H groups in total. The molecule has 146 valence electrons. The maximum atomic E-state index is 13.3. The lowest BCUT2D eigenvalue weighted by Crippen LogP contribution is -2.37. The zero-order valence-corrected chi connectivity index (χ0v) is 15.6. The normalized spacial score (nSPS) is 15.2. The summed E-state index contributed by atoms with van der Waals surface area (Å²) in [6.07, 6.45) is -0.373. The van der Waals surface area contributed by atoms with Gasteiger partial charge in [0, 0.05) is 19.5 Å². The molecule has 28 heavy (non-hydrogen) atoms. The van der Waals surface area contributed by atoms with Crippen molar-refractivity contribution >= 4 is 23.5 Å². The third kappa shape index (κ3) is 4.49. The standard InChI is InChI=1S/C21H22N2O5/c1-14-20(26)22-17-10-5-9-16(19(17)28-14)21(27)23(12-6-11-18(24)25)13-15-7-3-2-4-8-15/h2-5,7-10,14H,6,11-13H2,1H3,(H,22,26)(H,24,25). The Bertz CT molecular complexity index is 882. The first-order valence-corrected chi connectivity index (χ1v) is 9.11. The molecule has 2 aromatic carbocycles. The van der Waals surface area contributed by atoms with Crippen molar-refractivity contribution in [3.63, 3.8) is 0 Å². The van der Waals surface area contributed by atoms with Crippen LogP contribution in [-0.2, 0) is 16.1 Å². The number of hydrogen-bond acceptors (Lipinski definition) is 4. The van der Waals surface area contributed by atoms with Gasteiger partial charge in [-0.15, -0.1) is 0 Å². The molecule has 0 bridgehead atoms. The molecule has 0 spiro atoms. The summed E-state index contributed by atoms with van der Waals surface area (Å²) in [5.74, 6) is -1.09. The Kier molecular flexibility index (Phi) is 5.93. The Hall–Kier alpha value is -3.35. The number of para-hydroxylation sites is 1. The number of carboxylic acid groups (broad SMARTS) is 1. The minimum Gasteiger partial charge on any atom is -0.481 e. The quantitative estimate of drug-likeness (QED) is 0.768. The van der Waals surface area contributed by atoms with Crippen molar-refractivity contribution < 1.29 is 24.2 Å². The summed E-state index contributed by atoms with van der Waals surface area (Å²) in [6, 6.07) is 14.5. The predicted octanol–water partition coefficient (Wildman–Crippen LogP) is 2.91. The molecule has 0 saturated carbocycles.